The lowest BCUT2D eigenvalue weighted by Crippen LogP contribution is -2.32. The van der Waals surface area contributed by atoms with Crippen LogP contribution >= 0.6 is 11.3 Å². The number of aromatic nitrogens is 3. The smallest absolute Gasteiger partial charge is 0.243 e. The molecule has 0 saturated carbocycles. The van der Waals surface area contributed by atoms with Crippen LogP contribution in [-0.2, 0) is 4.79 Å². The summed E-state index contributed by atoms with van der Waals surface area (Å²) < 4.78 is 1.90. The van der Waals surface area contributed by atoms with Gasteiger partial charge in [0.2, 0.25) is 5.91 Å². The summed E-state index contributed by atoms with van der Waals surface area (Å²) in [6.07, 6.45) is 1.72. The molecule has 0 aliphatic carbocycles. The normalized spacial score (nSPS) is 13.9. The third kappa shape index (κ3) is 2.99. The first-order chi connectivity index (χ1) is 11.0. The summed E-state index contributed by atoms with van der Waals surface area (Å²) in [7, 11) is 0. The number of aryl methyl sites for hydroxylation is 2. The van der Waals surface area contributed by atoms with Crippen LogP contribution in [0.15, 0.2) is 30.6 Å². The third-order valence-electron chi connectivity index (χ3n) is 3.97. The van der Waals surface area contributed by atoms with Crippen molar-refractivity contribution in [2.75, 3.05) is 0 Å². The largest absolute Gasteiger partial charge is 0.347 e. The number of imidazole rings is 1. The van der Waals surface area contributed by atoms with Crippen molar-refractivity contribution in [3.8, 4) is 0 Å². The maximum Gasteiger partial charge on any atom is 0.243 e. The molecule has 5 nitrogen and oxygen atoms in total. The molecule has 23 heavy (non-hydrogen) atoms. The lowest BCUT2D eigenvalue weighted by atomic mass is 10.2. The summed E-state index contributed by atoms with van der Waals surface area (Å²) >= 11 is 1.63. The molecule has 0 spiro atoms. The predicted octanol–water partition coefficient (Wildman–Crippen LogP) is 3.55. The zero-order valence-electron chi connectivity index (χ0n) is 13.7. The fraction of sp³-hybridized carbons (Fsp3) is 0.353. The molecular formula is C17H20N4OS. The van der Waals surface area contributed by atoms with Crippen LogP contribution < -0.4 is 5.32 Å². The number of fused-ring (bicyclic) bond motifs is 1. The van der Waals surface area contributed by atoms with Crippen LogP contribution in [0.2, 0.25) is 0 Å². The molecule has 2 heterocycles. The Kier molecular flexibility index (Phi) is 4.17. The molecule has 2 aromatic heterocycles. The summed E-state index contributed by atoms with van der Waals surface area (Å²) in [5, 5.41) is 4.11. The first-order valence-electron chi connectivity index (χ1n) is 7.63. The highest BCUT2D eigenvalue weighted by Crippen LogP contribution is 2.25. The van der Waals surface area contributed by atoms with Crippen molar-refractivity contribution < 1.29 is 4.79 Å². The fourth-order valence-corrected chi connectivity index (χ4v) is 3.69. The molecule has 3 rings (SSSR count). The van der Waals surface area contributed by atoms with E-state index in [1.54, 1.807) is 17.7 Å². The van der Waals surface area contributed by atoms with E-state index in [2.05, 4.69) is 15.3 Å². The Labute approximate surface area is 139 Å². The quantitative estimate of drug-likeness (QED) is 0.797. The second-order valence-corrected chi connectivity index (χ2v) is 6.96. The zero-order chi connectivity index (χ0) is 16.6. The van der Waals surface area contributed by atoms with Gasteiger partial charge in [0.05, 0.1) is 34.1 Å². The molecule has 0 saturated heterocycles. The topological polar surface area (TPSA) is 59.8 Å². The second-order valence-electron chi connectivity index (χ2n) is 5.73. The van der Waals surface area contributed by atoms with Crippen LogP contribution in [0, 0.1) is 13.8 Å². The molecular weight excluding hydrogens is 308 g/mol. The van der Waals surface area contributed by atoms with Gasteiger partial charge in [-0.25, -0.2) is 9.97 Å². The van der Waals surface area contributed by atoms with Crippen molar-refractivity contribution in [1.82, 2.24) is 19.9 Å². The third-order valence-corrected chi connectivity index (χ3v) is 5.22. The van der Waals surface area contributed by atoms with Crippen molar-refractivity contribution >= 4 is 28.3 Å². The van der Waals surface area contributed by atoms with Crippen molar-refractivity contribution in [3.63, 3.8) is 0 Å². The molecule has 2 atom stereocenters. The molecule has 1 N–H and O–H groups in total. The number of nitrogens with one attached hydrogen (secondary N) is 1. The van der Waals surface area contributed by atoms with Gasteiger partial charge in [-0.05, 0) is 39.8 Å². The van der Waals surface area contributed by atoms with Gasteiger partial charge in [0.15, 0.2) is 0 Å². The number of benzene rings is 1. The minimum absolute atomic E-state index is 0.0221. The van der Waals surface area contributed by atoms with Gasteiger partial charge < -0.3 is 9.88 Å². The maximum absolute atomic E-state index is 12.6. The van der Waals surface area contributed by atoms with Gasteiger partial charge in [0.1, 0.15) is 6.04 Å². The minimum Gasteiger partial charge on any atom is -0.347 e. The number of amides is 1. The van der Waals surface area contributed by atoms with E-state index in [0.717, 1.165) is 26.6 Å². The molecule has 0 aliphatic rings. The number of carbonyl (C=O) groups is 1. The first kappa shape index (κ1) is 15.7. The number of hydrogen-bond acceptors (Lipinski definition) is 4. The molecule has 0 fully saturated rings. The molecule has 0 unspecified atom stereocenters. The SMILES string of the molecule is Cc1nc(C)c([C@@H](C)NC(=O)[C@H](C)n2cnc3ccccc32)s1. The highest BCUT2D eigenvalue weighted by atomic mass is 32.1. The van der Waals surface area contributed by atoms with Gasteiger partial charge in [-0.1, -0.05) is 12.1 Å². The molecule has 0 bridgehead atoms. The maximum atomic E-state index is 12.6. The van der Waals surface area contributed by atoms with Gasteiger partial charge in [0, 0.05) is 4.88 Å². The van der Waals surface area contributed by atoms with E-state index in [0.29, 0.717) is 0 Å². The van der Waals surface area contributed by atoms with Crippen molar-refractivity contribution in [2.24, 2.45) is 0 Å². The van der Waals surface area contributed by atoms with Crippen LogP contribution in [0.3, 0.4) is 0 Å². The Balaban J connectivity index is 1.79. The van der Waals surface area contributed by atoms with Crippen molar-refractivity contribution in [2.45, 2.75) is 39.8 Å². The van der Waals surface area contributed by atoms with Gasteiger partial charge in [-0.15, -0.1) is 11.3 Å². The number of rotatable bonds is 4. The van der Waals surface area contributed by atoms with E-state index >= 15 is 0 Å². The second kappa shape index (κ2) is 6.12. The van der Waals surface area contributed by atoms with Crippen LogP contribution in [0.5, 0.6) is 0 Å². The Bertz CT molecular complexity index is 851. The van der Waals surface area contributed by atoms with E-state index in [1.807, 2.05) is 56.5 Å². The standard InChI is InChI=1S/C17H20N4OS/c1-10-16(23-13(4)19-10)11(2)20-17(22)12(3)21-9-18-14-7-5-6-8-15(14)21/h5-9,11-12H,1-4H3,(H,20,22)/t11-,12+/m1/s1. The van der Waals surface area contributed by atoms with E-state index in [1.165, 1.54) is 0 Å². The van der Waals surface area contributed by atoms with Crippen LogP contribution in [0.25, 0.3) is 11.0 Å². The Morgan fingerprint density at radius 3 is 2.70 bits per heavy atom. The number of carbonyl (C=O) groups excluding carboxylic acids is 1. The van der Waals surface area contributed by atoms with Crippen LogP contribution in [0.1, 0.15) is 41.5 Å². The lowest BCUT2D eigenvalue weighted by Gasteiger charge is -2.18. The van der Waals surface area contributed by atoms with Crippen LogP contribution in [0.4, 0.5) is 0 Å². The fourth-order valence-electron chi connectivity index (χ4n) is 2.76. The monoisotopic (exact) mass is 328 g/mol. The van der Waals surface area contributed by atoms with Crippen LogP contribution in [-0.4, -0.2) is 20.4 Å². The van der Waals surface area contributed by atoms with Gasteiger partial charge in [0.25, 0.3) is 0 Å². The minimum atomic E-state index is -0.320. The highest BCUT2D eigenvalue weighted by molar-refractivity contribution is 7.11. The van der Waals surface area contributed by atoms with Gasteiger partial charge in [-0.2, -0.15) is 0 Å². The molecule has 120 valence electrons. The average molecular weight is 328 g/mol. The van der Waals surface area contributed by atoms with E-state index in [9.17, 15) is 4.79 Å². The molecule has 1 amide bonds. The summed E-state index contributed by atoms with van der Waals surface area (Å²) in [4.78, 5) is 22.5. The number of nitrogens with zero attached hydrogens (tertiary/aromatic N) is 3. The molecule has 6 heteroatoms. The highest BCUT2D eigenvalue weighted by Gasteiger charge is 2.21. The summed E-state index contributed by atoms with van der Waals surface area (Å²) in [6.45, 7) is 7.85. The zero-order valence-corrected chi connectivity index (χ0v) is 14.5. The van der Waals surface area contributed by atoms with Gasteiger partial charge in [-0.3, -0.25) is 4.79 Å². The summed E-state index contributed by atoms with van der Waals surface area (Å²) in [5.74, 6) is -0.0221. The predicted molar refractivity (Wildman–Crippen MR) is 92.6 cm³/mol. The lowest BCUT2D eigenvalue weighted by molar-refractivity contribution is -0.124. The van der Waals surface area contributed by atoms with Crippen molar-refractivity contribution in [1.29, 1.82) is 0 Å². The Hall–Kier alpha value is -2.21. The Morgan fingerprint density at radius 1 is 1.26 bits per heavy atom. The Morgan fingerprint density at radius 2 is 2.00 bits per heavy atom. The molecule has 0 radical (unpaired) electrons. The van der Waals surface area contributed by atoms with Crippen molar-refractivity contribution in [3.05, 3.63) is 46.2 Å². The summed E-state index contributed by atoms with van der Waals surface area (Å²) in [6, 6.07) is 7.46. The summed E-state index contributed by atoms with van der Waals surface area (Å²) in [5.41, 5.74) is 2.85. The molecule has 0 aliphatic heterocycles. The van der Waals surface area contributed by atoms with E-state index in [4.69, 9.17) is 0 Å². The molecule has 1 aromatic carbocycles. The first-order valence-corrected chi connectivity index (χ1v) is 8.45. The number of para-hydroxylation sites is 2. The number of thiazole rings is 1. The van der Waals surface area contributed by atoms with Gasteiger partial charge >= 0.3 is 0 Å². The van der Waals surface area contributed by atoms with E-state index < -0.39 is 0 Å². The average Bonchev–Trinajstić information content (AvgIpc) is 3.09. The van der Waals surface area contributed by atoms with E-state index in [-0.39, 0.29) is 18.0 Å². The number of hydrogen-bond donors (Lipinski definition) is 1. The molecule has 3 aromatic rings.